The molecule has 6 nitrogen and oxygen atoms in total. The minimum Gasteiger partial charge on any atom is -0.481 e. The maximum Gasteiger partial charge on any atom is 0.387 e. The van der Waals surface area contributed by atoms with Gasteiger partial charge in [-0.3, -0.25) is 9.78 Å². The van der Waals surface area contributed by atoms with Crippen molar-refractivity contribution in [2.75, 3.05) is 18.0 Å². The van der Waals surface area contributed by atoms with E-state index in [9.17, 15) is 23.9 Å². The summed E-state index contributed by atoms with van der Waals surface area (Å²) < 4.78 is 29.4. The van der Waals surface area contributed by atoms with E-state index in [0.29, 0.717) is 29.6 Å². The second kappa shape index (κ2) is 6.16. The molecule has 25 heavy (non-hydrogen) atoms. The maximum absolute atomic E-state index is 12.5. The van der Waals surface area contributed by atoms with E-state index in [4.69, 9.17) is 0 Å². The van der Waals surface area contributed by atoms with Gasteiger partial charge in [-0.15, -0.1) is 0 Å². The number of carboxylic acid groups (broad SMARTS) is 1. The number of carbonyl (C=O) groups is 1. The van der Waals surface area contributed by atoms with Gasteiger partial charge in [0.2, 0.25) is 0 Å². The number of rotatable bonds is 4. The van der Waals surface area contributed by atoms with Crippen LogP contribution < -0.4 is 9.64 Å². The highest BCUT2D eigenvalue weighted by Gasteiger charge is 2.41. The molecule has 1 aromatic carbocycles. The zero-order chi connectivity index (χ0) is 18.2. The first-order valence-corrected chi connectivity index (χ1v) is 7.60. The fraction of sp³-hybridized carbons (Fsp3) is 0.353. The molecule has 0 spiro atoms. The summed E-state index contributed by atoms with van der Waals surface area (Å²) in [6, 6.07) is 6.35. The average Bonchev–Trinajstić information content (AvgIpc) is 2.96. The number of benzene rings is 1. The molecule has 8 heteroatoms. The van der Waals surface area contributed by atoms with E-state index in [1.165, 1.54) is 24.4 Å². The van der Waals surface area contributed by atoms with Crippen molar-refractivity contribution in [3.63, 3.8) is 0 Å². The summed E-state index contributed by atoms with van der Waals surface area (Å²) in [6.45, 7) is -0.655. The summed E-state index contributed by atoms with van der Waals surface area (Å²) in [7, 11) is 0. The van der Waals surface area contributed by atoms with Crippen LogP contribution in [0.2, 0.25) is 0 Å². The highest BCUT2D eigenvalue weighted by Crippen LogP contribution is 2.39. The summed E-state index contributed by atoms with van der Waals surface area (Å²) in [6.07, 6.45) is 1.83. The third-order valence-corrected chi connectivity index (χ3v) is 4.46. The molecule has 1 aliphatic rings. The van der Waals surface area contributed by atoms with E-state index in [2.05, 4.69) is 9.72 Å². The Balaban J connectivity index is 2.12. The fourth-order valence-corrected chi connectivity index (χ4v) is 3.08. The number of anilines is 1. The van der Waals surface area contributed by atoms with Gasteiger partial charge >= 0.3 is 12.6 Å². The first-order chi connectivity index (χ1) is 11.8. The number of aliphatic carboxylic acids is 1. The second-order valence-electron chi connectivity index (χ2n) is 6.23. The third kappa shape index (κ3) is 3.05. The Kier molecular flexibility index (Phi) is 4.17. The van der Waals surface area contributed by atoms with Crippen LogP contribution in [0.1, 0.15) is 18.9 Å². The van der Waals surface area contributed by atoms with Gasteiger partial charge in [0, 0.05) is 24.7 Å². The highest BCUT2D eigenvalue weighted by atomic mass is 19.3. The monoisotopic (exact) mass is 347 g/mol. The quantitative estimate of drug-likeness (QED) is 0.915. The first kappa shape index (κ1) is 16.9. The summed E-state index contributed by atoms with van der Waals surface area (Å²) in [5.41, 5.74) is 0.340. The number of ether oxygens (including phenoxy) is 1. The number of hydrogen-bond donors (Lipinski definition) is 1. The normalized spacial score (nSPS) is 20.0. The fourth-order valence-electron chi connectivity index (χ4n) is 3.08. The van der Waals surface area contributed by atoms with Crippen molar-refractivity contribution < 1.29 is 23.4 Å². The van der Waals surface area contributed by atoms with E-state index in [-0.39, 0.29) is 17.9 Å². The molecule has 0 amide bonds. The second-order valence-corrected chi connectivity index (χ2v) is 6.23. The lowest BCUT2D eigenvalue weighted by Crippen LogP contribution is -2.32. The molecule has 1 aromatic heterocycles. The van der Waals surface area contributed by atoms with Crippen molar-refractivity contribution in [3.05, 3.63) is 30.0 Å². The van der Waals surface area contributed by atoms with Crippen LogP contribution in [-0.4, -0.2) is 35.8 Å². The van der Waals surface area contributed by atoms with Gasteiger partial charge in [-0.25, -0.2) is 0 Å². The minimum absolute atomic E-state index is 0.0409. The topological polar surface area (TPSA) is 86.5 Å². The van der Waals surface area contributed by atoms with E-state index in [1.807, 2.05) is 6.07 Å². The summed E-state index contributed by atoms with van der Waals surface area (Å²) in [5.74, 6) is -0.950. The molecule has 2 heterocycles. The maximum atomic E-state index is 12.5. The van der Waals surface area contributed by atoms with Gasteiger partial charge in [0.05, 0.1) is 22.2 Å². The third-order valence-electron chi connectivity index (χ3n) is 4.46. The van der Waals surface area contributed by atoms with Crippen LogP contribution in [0, 0.1) is 16.7 Å². The van der Waals surface area contributed by atoms with E-state index < -0.39 is 18.0 Å². The SMILES string of the molecule is CC1(C(=O)O)CCN(c2c(C#N)cnc3ccc(OC(F)F)cc23)C1. The molecule has 0 bridgehead atoms. The molecule has 0 radical (unpaired) electrons. The number of hydrogen-bond acceptors (Lipinski definition) is 5. The molecule has 0 aliphatic carbocycles. The standard InChI is InChI=1S/C17H15F2N3O3/c1-17(15(23)24)4-5-22(9-17)14-10(7-20)8-21-13-3-2-11(6-12(13)14)25-16(18)19/h2-3,6,8,16H,4-5,9H2,1H3,(H,23,24). The average molecular weight is 347 g/mol. The van der Waals surface area contributed by atoms with Crippen molar-refractivity contribution in [3.8, 4) is 11.8 Å². The van der Waals surface area contributed by atoms with Gasteiger partial charge in [0.15, 0.2) is 0 Å². The number of halogens is 2. The number of pyridine rings is 1. The number of alkyl halides is 2. The number of nitriles is 1. The van der Waals surface area contributed by atoms with Crippen molar-refractivity contribution >= 4 is 22.6 Å². The smallest absolute Gasteiger partial charge is 0.387 e. The Morgan fingerprint density at radius 3 is 2.88 bits per heavy atom. The Bertz CT molecular complexity index is 881. The summed E-state index contributed by atoms with van der Waals surface area (Å²) >= 11 is 0. The number of fused-ring (bicyclic) bond motifs is 1. The predicted octanol–water partition coefficient (Wildman–Crippen LogP) is 3.01. The van der Waals surface area contributed by atoms with Crippen LogP contribution in [-0.2, 0) is 4.79 Å². The number of aromatic nitrogens is 1. The lowest BCUT2D eigenvalue weighted by atomic mass is 9.90. The van der Waals surface area contributed by atoms with E-state index in [0.717, 1.165) is 0 Å². The predicted molar refractivity (Wildman–Crippen MR) is 85.7 cm³/mol. The van der Waals surface area contributed by atoms with Crippen molar-refractivity contribution in [1.82, 2.24) is 4.98 Å². The lowest BCUT2D eigenvalue weighted by molar-refractivity contribution is -0.146. The molecule has 3 rings (SSSR count). The molecule has 1 atom stereocenters. The zero-order valence-electron chi connectivity index (χ0n) is 13.4. The van der Waals surface area contributed by atoms with Crippen molar-refractivity contribution in [2.24, 2.45) is 5.41 Å². The number of nitrogens with zero attached hydrogens (tertiary/aromatic N) is 3. The van der Waals surface area contributed by atoms with Gasteiger partial charge in [0.25, 0.3) is 0 Å². The van der Waals surface area contributed by atoms with Crippen LogP contribution in [0.25, 0.3) is 10.9 Å². The molecule has 1 unspecified atom stereocenters. The van der Waals surface area contributed by atoms with Gasteiger partial charge in [0.1, 0.15) is 11.8 Å². The van der Waals surface area contributed by atoms with Gasteiger partial charge in [-0.05, 0) is 31.5 Å². The van der Waals surface area contributed by atoms with E-state index >= 15 is 0 Å². The lowest BCUT2D eigenvalue weighted by Gasteiger charge is -2.24. The molecule has 1 aliphatic heterocycles. The Morgan fingerprint density at radius 1 is 1.52 bits per heavy atom. The van der Waals surface area contributed by atoms with E-state index in [1.54, 1.807) is 11.8 Å². The highest BCUT2D eigenvalue weighted by molar-refractivity contribution is 5.96. The molecule has 2 aromatic rings. The van der Waals surface area contributed by atoms with Crippen molar-refractivity contribution in [1.29, 1.82) is 5.26 Å². The largest absolute Gasteiger partial charge is 0.481 e. The molecular formula is C17H15F2N3O3. The Morgan fingerprint density at radius 2 is 2.28 bits per heavy atom. The molecule has 1 saturated heterocycles. The molecule has 1 N–H and O–H groups in total. The molecule has 130 valence electrons. The summed E-state index contributed by atoms with van der Waals surface area (Å²) in [5, 5.41) is 19.3. The van der Waals surface area contributed by atoms with Crippen LogP contribution in [0.4, 0.5) is 14.5 Å². The van der Waals surface area contributed by atoms with Crippen LogP contribution in [0.15, 0.2) is 24.4 Å². The van der Waals surface area contributed by atoms with Crippen molar-refractivity contribution in [2.45, 2.75) is 20.0 Å². The summed E-state index contributed by atoms with van der Waals surface area (Å²) in [4.78, 5) is 17.4. The van der Waals surface area contributed by atoms with Gasteiger partial charge in [-0.2, -0.15) is 14.0 Å². The van der Waals surface area contributed by atoms with Gasteiger partial charge < -0.3 is 14.7 Å². The zero-order valence-corrected chi connectivity index (χ0v) is 13.4. The molecule has 1 fully saturated rings. The van der Waals surface area contributed by atoms with Gasteiger partial charge in [-0.1, -0.05) is 0 Å². The first-order valence-electron chi connectivity index (χ1n) is 7.60. The number of carboxylic acids is 1. The minimum atomic E-state index is -2.96. The van der Waals surface area contributed by atoms with Crippen LogP contribution in [0.5, 0.6) is 5.75 Å². The van der Waals surface area contributed by atoms with Crippen LogP contribution in [0.3, 0.4) is 0 Å². The van der Waals surface area contributed by atoms with Crippen LogP contribution >= 0.6 is 0 Å². The Hall–Kier alpha value is -2.95. The molecular weight excluding hydrogens is 332 g/mol. The molecule has 0 saturated carbocycles. The Labute approximate surface area is 142 Å².